The van der Waals surface area contributed by atoms with Crippen LogP contribution in [0.5, 0.6) is 0 Å². The predicted molar refractivity (Wildman–Crippen MR) is 74.2 cm³/mol. The summed E-state index contributed by atoms with van der Waals surface area (Å²) in [5.74, 6) is -1.20. The molecule has 3 heterocycles. The van der Waals surface area contributed by atoms with E-state index < -0.39 is 10.9 Å². The average molecular weight is 304 g/mol. The molecule has 0 unspecified atom stereocenters. The summed E-state index contributed by atoms with van der Waals surface area (Å²) in [6.45, 7) is 2.66. The molecular weight excluding hydrogens is 288 g/mol. The molecule has 0 aliphatic carbocycles. The highest BCUT2D eigenvalue weighted by Crippen LogP contribution is 2.18. The summed E-state index contributed by atoms with van der Waals surface area (Å²) in [6.07, 6.45) is 3.41. The minimum atomic E-state index is -1.20. The summed E-state index contributed by atoms with van der Waals surface area (Å²) >= 11 is 0. The molecule has 3 rings (SSSR count). The largest absolute Gasteiger partial charge is 0.550 e. The smallest absolute Gasteiger partial charge is 0.286 e. The zero-order valence-electron chi connectivity index (χ0n) is 11.9. The van der Waals surface area contributed by atoms with Gasteiger partial charge >= 0.3 is 0 Å². The van der Waals surface area contributed by atoms with Crippen molar-refractivity contribution < 1.29 is 19.7 Å². The number of carbonyl (C=O) groups excluding carboxylic acids is 1. The van der Waals surface area contributed by atoms with Crippen LogP contribution < -0.4 is 10.0 Å². The molecule has 1 aliphatic heterocycles. The lowest BCUT2D eigenvalue weighted by Crippen LogP contribution is -3.08. The molecule has 8 nitrogen and oxygen atoms in total. The Kier molecular flexibility index (Phi) is 3.76. The molecule has 0 aromatic carbocycles. The molecule has 22 heavy (non-hydrogen) atoms. The van der Waals surface area contributed by atoms with Gasteiger partial charge in [-0.05, 0) is 6.07 Å². The van der Waals surface area contributed by atoms with Crippen molar-refractivity contribution in [2.24, 2.45) is 0 Å². The van der Waals surface area contributed by atoms with Crippen LogP contribution in [0.3, 0.4) is 0 Å². The number of carbonyl (C=O) groups is 1. The maximum Gasteiger partial charge on any atom is 0.286 e. The molecule has 0 bridgehead atoms. The molecule has 2 aromatic heterocycles. The number of aromatic nitrogens is 2. The van der Waals surface area contributed by atoms with Crippen LogP contribution in [-0.4, -0.2) is 33.4 Å². The van der Waals surface area contributed by atoms with Crippen LogP contribution in [0.1, 0.15) is 24.2 Å². The van der Waals surface area contributed by atoms with Gasteiger partial charge in [-0.2, -0.15) is 0 Å². The fourth-order valence-electron chi connectivity index (χ4n) is 2.99. The van der Waals surface area contributed by atoms with Gasteiger partial charge in [-0.25, -0.2) is 4.98 Å². The minimum absolute atomic E-state index is 0.0393. The van der Waals surface area contributed by atoms with Crippen LogP contribution in [0.15, 0.2) is 18.3 Å². The van der Waals surface area contributed by atoms with Crippen molar-refractivity contribution in [1.82, 2.24) is 9.38 Å². The first-order valence-electron chi connectivity index (χ1n) is 7.22. The Balaban J connectivity index is 2.06. The van der Waals surface area contributed by atoms with Crippen LogP contribution in [0.2, 0.25) is 0 Å². The maximum atomic E-state index is 10.9. The molecule has 0 spiro atoms. The molecule has 8 heteroatoms. The average Bonchev–Trinajstić information content (AvgIpc) is 3.07. The van der Waals surface area contributed by atoms with Gasteiger partial charge in [0.05, 0.1) is 29.9 Å². The molecule has 0 radical (unpaired) electrons. The molecule has 1 fully saturated rings. The van der Waals surface area contributed by atoms with Gasteiger partial charge in [-0.1, -0.05) is 0 Å². The number of rotatable bonds is 5. The van der Waals surface area contributed by atoms with E-state index in [1.54, 1.807) is 10.5 Å². The number of pyridine rings is 1. The number of quaternary nitrogens is 1. The second-order valence-corrected chi connectivity index (χ2v) is 5.56. The summed E-state index contributed by atoms with van der Waals surface area (Å²) in [7, 11) is 0. The fraction of sp³-hybridized carbons (Fsp3) is 0.429. The zero-order valence-corrected chi connectivity index (χ0v) is 11.9. The number of likely N-dealkylation sites (tertiary alicyclic amines) is 1. The summed E-state index contributed by atoms with van der Waals surface area (Å²) in [5.41, 5.74) is 1.64. The summed E-state index contributed by atoms with van der Waals surface area (Å²) in [6, 6.07) is 2.91. The summed E-state index contributed by atoms with van der Waals surface area (Å²) in [5, 5.41) is 21.9. The normalized spacial score (nSPS) is 15.5. The van der Waals surface area contributed by atoms with E-state index in [1.807, 2.05) is 0 Å². The molecule has 1 saturated heterocycles. The topological polar surface area (TPSA) is 105 Å². The third-order valence-corrected chi connectivity index (χ3v) is 4.04. The zero-order chi connectivity index (χ0) is 15.7. The van der Waals surface area contributed by atoms with Gasteiger partial charge in [-0.15, -0.1) is 0 Å². The monoisotopic (exact) mass is 304 g/mol. The lowest BCUT2D eigenvalue weighted by Gasteiger charge is -2.13. The van der Waals surface area contributed by atoms with Crippen molar-refractivity contribution in [1.29, 1.82) is 0 Å². The van der Waals surface area contributed by atoms with Crippen molar-refractivity contribution in [3.63, 3.8) is 0 Å². The number of nitrogens with one attached hydrogen (secondary N) is 1. The second kappa shape index (κ2) is 5.72. The van der Waals surface area contributed by atoms with E-state index in [-0.39, 0.29) is 12.1 Å². The highest BCUT2D eigenvalue weighted by atomic mass is 16.6. The van der Waals surface area contributed by atoms with E-state index in [9.17, 15) is 20.0 Å². The SMILES string of the molecule is O=C([O-])Cc1nc2ccc([N+](=O)[O-])cn2c1C[NH+]1CCCC1. The number of nitrogens with zero attached hydrogens (tertiary/aromatic N) is 3. The molecular formula is C14H16N4O4. The number of hydrogen-bond donors (Lipinski definition) is 1. The minimum Gasteiger partial charge on any atom is -0.550 e. The number of aliphatic carboxylic acids is 1. The standard InChI is InChI=1S/C14H16N4O4/c19-14(20)7-11-12(9-16-5-1-2-6-16)17-8-10(18(21)22)3-4-13(17)15-11/h3-4,8H,1-2,5-7,9H2,(H,19,20). The highest BCUT2D eigenvalue weighted by molar-refractivity contribution is 5.68. The fourth-order valence-corrected chi connectivity index (χ4v) is 2.99. The lowest BCUT2D eigenvalue weighted by atomic mass is 10.2. The first-order valence-corrected chi connectivity index (χ1v) is 7.22. The van der Waals surface area contributed by atoms with Crippen LogP contribution in [-0.2, 0) is 17.8 Å². The molecule has 0 amide bonds. The Hall–Kier alpha value is -2.48. The van der Waals surface area contributed by atoms with Crippen LogP contribution in [0, 0.1) is 10.1 Å². The molecule has 1 N–H and O–H groups in total. The number of carboxylic acid groups (broad SMARTS) is 1. The summed E-state index contributed by atoms with van der Waals surface area (Å²) < 4.78 is 1.64. The Bertz CT molecular complexity index is 734. The van der Waals surface area contributed by atoms with Gasteiger partial charge in [0.25, 0.3) is 5.69 Å². The first kappa shape index (κ1) is 14.5. The highest BCUT2D eigenvalue weighted by Gasteiger charge is 2.22. The van der Waals surface area contributed by atoms with Gasteiger partial charge in [0, 0.05) is 31.3 Å². The Morgan fingerprint density at radius 3 is 2.73 bits per heavy atom. The van der Waals surface area contributed by atoms with Crippen molar-refractivity contribution >= 4 is 17.3 Å². The molecule has 0 saturated carbocycles. The van der Waals surface area contributed by atoms with Gasteiger partial charge in [-0.3, -0.25) is 14.5 Å². The Labute approximate surface area is 126 Å². The quantitative estimate of drug-likeness (QED) is 0.547. The third-order valence-electron chi connectivity index (χ3n) is 4.04. The predicted octanol–water partition coefficient (Wildman–Crippen LogP) is -1.29. The Morgan fingerprint density at radius 1 is 1.36 bits per heavy atom. The number of imidazole rings is 1. The van der Waals surface area contributed by atoms with Gasteiger partial charge < -0.3 is 14.8 Å². The van der Waals surface area contributed by atoms with Crippen molar-refractivity contribution in [2.75, 3.05) is 13.1 Å². The number of nitro groups is 1. The third kappa shape index (κ3) is 2.77. The molecule has 1 aliphatic rings. The van der Waals surface area contributed by atoms with Crippen LogP contribution in [0.25, 0.3) is 5.65 Å². The van der Waals surface area contributed by atoms with Gasteiger partial charge in [0.2, 0.25) is 0 Å². The summed E-state index contributed by atoms with van der Waals surface area (Å²) in [4.78, 5) is 27.1. The second-order valence-electron chi connectivity index (χ2n) is 5.56. The maximum absolute atomic E-state index is 10.9. The molecule has 2 aromatic rings. The van der Waals surface area contributed by atoms with Crippen molar-refractivity contribution in [2.45, 2.75) is 25.8 Å². The van der Waals surface area contributed by atoms with Crippen molar-refractivity contribution in [3.05, 3.63) is 39.8 Å². The molecule has 0 atom stereocenters. The van der Waals surface area contributed by atoms with E-state index in [0.29, 0.717) is 17.9 Å². The lowest BCUT2D eigenvalue weighted by molar-refractivity contribution is -0.901. The van der Waals surface area contributed by atoms with Gasteiger partial charge in [0.15, 0.2) is 0 Å². The van der Waals surface area contributed by atoms with E-state index in [0.717, 1.165) is 31.6 Å². The van der Waals surface area contributed by atoms with Gasteiger partial charge in [0.1, 0.15) is 17.9 Å². The first-order chi connectivity index (χ1) is 10.5. The van der Waals surface area contributed by atoms with Crippen molar-refractivity contribution in [3.8, 4) is 0 Å². The van der Waals surface area contributed by atoms with E-state index in [1.165, 1.54) is 17.2 Å². The van der Waals surface area contributed by atoms with E-state index in [2.05, 4.69) is 4.98 Å². The van der Waals surface area contributed by atoms with E-state index in [4.69, 9.17) is 0 Å². The van der Waals surface area contributed by atoms with Crippen LogP contribution in [0.4, 0.5) is 5.69 Å². The molecule has 116 valence electrons. The number of carboxylic acids is 1. The Morgan fingerprint density at radius 2 is 2.09 bits per heavy atom. The number of hydrogen-bond acceptors (Lipinski definition) is 5. The number of fused-ring (bicyclic) bond motifs is 1. The van der Waals surface area contributed by atoms with Crippen LogP contribution >= 0.6 is 0 Å². The van der Waals surface area contributed by atoms with E-state index >= 15 is 0 Å².